The number of rotatable bonds is 7. The average Bonchev–Trinajstić information content (AvgIpc) is 3.29. The summed E-state index contributed by atoms with van der Waals surface area (Å²) in [6.45, 7) is 10.8. The van der Waals surface area contributed by atoms with Crippen LogP contribution >= 0.6 is 11.3 Å². The highest BCUT2D eigenvalue weighted by Crippen LogP contribution is 2.24. The number of hydrogen-bond acceptors (Lipinski definition) is 6. The van der Waals surface area contributed by atoms with Gasteiger partial charge in [-0.05, 0) is 26.0 Å². The molecule has 1 saturated heterocycles. The summed E-state index contributed by atoms with van der Waals surface area (Å²) in [6.07, 6.45) is 1.68. The first-order valence-electron chi connectivity index (χ1n) is 8.90. The number of aromatic nitrogens is 1. The molecule has 3 heterocycles. The molecule has 0 bridgehead atoms. The van der Waals surface area contributed by atoms with Crippen molar-refractivity contribution in [1.29, 1.82) is 0 Å². The van der Waals surface area contributed by atoms with Crippen molar-refractivity contribution in [2.75, 3.05) is 45.8 Å². The topological polar surface area (TPSA) is 52.8 Å². The van der Waals surface area contributed by atoms with Gasteiger partial charge in [-0.25, -0.2) is 4.98 Å². The first-order chi connectivity index (χ1) is 12.2. The second-order valence-corrected chi connectivity index (χ2v) is 7.10. The van der Waals surface area contributed by atoms with Crippen LogP contribution in [0.4, 0.5) is 0 Å². The van der Waals surface area contributed by atoms with Crippen LogP contribution in [0.3, 0.4) is 0 Å². The lowest BCUT2D eigenvalue weighted by molar-refractivity contribution is -0.132. The van der Waals surface area contributed by atoms with E-state index in [0.717, 1.165) is 62.3 Å². The van der Waals surface area contributed by atoms with E-state index in [4.69, 9.17) is 4.42 Å². The third-order valence-electron chi connectivity index (χ3n) is 4.61. The quantitative estimate of drug-likeness (QED) is 0.757. The van der Waals surface area contributed by atoms with Crippen molar-refractivity contribution < 1.29 is 9.21 Å². The van der Waals surface area contributed by atoms with Gasteiger partial charge in [0.2, 0.25) is 5.91 Å². The van der Waals surface area contributed by atoms with Crippen molar-refractivity contribution in [3.63, 3.8) is 0 Å². The van der Waals surface area contributed by atoms with Crippen molar-refractivity contribution in [2.45, 2.75) is 20.4 Å². The molecular formula is C18H26N4O2S. The standard InChI is InChI=1S/C18H26N4O2S/c1-3-22(4-2)17(23)13-21-9-7-20(8-10-21)12-15-14-25-18(19-15)16-6-5-11-24-16/h5-6,11,14H,3-4,7-10,12-13H2,1-2H3. The van der Waals surface area contributed by atoms with Crippen molar-refractivity contribution in [2.24, 2.45) is 0 Å². The average molecular weight is 362 g/mol. The van der Waals surface area contributed by atoms with Crippen LogP contribution < -0.4 is 0 Å². The van der Waals surface area contributed by atoms with Gasteiger partial charge in [-0.15, -0.1) is 11.3 Å². The molecule has 1 aliphatic heterocycles. The third-order valence-corrected chi connectivity index (χ3v) is 5.51. The van der Waals surface area contributed by atoms with Crippen LogP contribution in [0.2, 0.25) is 0 Å². The van der Waals surface area contributed by atoms with Gasteiger partial charge in [0.05, 0.1) is 18.5 Å². The van der Waals surface area contributed by atoms with Gasteiger partial charge in [0.15, 0.2) is 10.8 Å². The summed E-state index contributed by atoms with van der Waals surface area (Å²) in [4.78, 5) is 23.4. The molecule has 6 nitrogen and oxygen atoms in total. The Morgan fingerprint density at radius 2 is 1.96 bits per heavy atom. The maximum absolute atomic E-state index is 12.2. The van der Waals surface area contributed by atoms with E-state index in [1.54, 1.807) is 17.6 Å². The lowest BCUT2D eigenvalue weighted by Gasteiger charge is -2.34. The molecule has 3 rings (SSSR count). The number of hydrogen-bond donors (Lipinski definition) is 0. The molecule has 0 unspecified atom stereocenters. The lowest BCUT2D eigenvalue weighted by atomic mass is 10.3. The summed E-state index contributed by atoms with van der Waals surface area (Å²) in [5.74, 6) is 1.07. The summed E-state index contributed by atoms with van der Waals surface area (Å²) in [6, 6.07) is 3.82. The Labute approximate surface area is 153 Å². The largest absolute Gasteiger partial charge is 0.462 e. The van der Waals surface area contributed by atoms with Gasteiger partial charge in [-0.2, -0.15) is 0 Å². The normalized spacial score (nSPS) is 16.2. The van der Waals surface area contributed by atoms with E-state index >= 15 is 0 Å². The fourth-order valence-corrected chi connectivity index (χ4v) is 3.87. The first kappa shape index (κ1) is 18.1. The molecule has 7 heteroatoms. The van der Waals surface area contributed by atoms with Gasteiger partial charge in [-0.1, -0.05) is 0 Å². The molecule has 0 spiro atoms. The zero-order chi connectivity index (χ0) is 17.6. The number of carbonyl (C=O) groups is 1. The Morgan fingerprint density at radius 3 is 2.60 bits per heavy atom. The Hall–Kier alpha value is -1.70. The molecule has 1 aliphatic rings. The third kappa shape index (κ3) is 4.68. The molecule has 2 aromatic rings. The molecule has 1 amide bonds. The van der Waals surface area contributed by atoms with Crippen molar-refractivity contribution in [1.82, 2.24) is 19.7 Å². The number of amides is 1. The molecule has 2 aromatic heterocycles. The minimum absolute atomic E-state index is 0.237. The van der Waals surface area contributed by atoms with Gasteiger partial charge >= 0.3 is 0 Å². The van der Waals surface area contributed by atoms with Crippen LogP contribution in [0.1, 0.15) is 19.5 Å². The highest BCUT2D eigenvalue weighted by atomic mass is 32.1. The smallest absolute Gasteiger partial charge is 0.236 e. The monoisotopic (exact) mass is 362 g/mol. The van der Waals surface area contributed by atoms with Crippen LogP contribution in [0.25, 0.3) is 10.8 Å². The van der Waals surface area contributed by atoms with Crippen LogP contribution in [-0.2, 0) is 11.3 Å². The van der Waals surface area contributed by atoms with Gasteiger partial charge < -0.3 is 9.32 Å². The summed E-state index contributed by atoms with van der Waals surface area (Å²) >= 11 is 1.62. The molecule has 25 heavy (non-hydrogen) atoms. The minimum Gasteiger partial charge on any atom is -0.462 e. The van der Waals surface area contributed by atoms with E-state index in [-0.39, 0.29) is 5.91 Å². The Balaban J connectivity index is 1.46. The van der Waals surface area contributed by atoms with Crippen LogP contribution in [0.5, 0.6) is 0 Å². The van der Waals surface area contributed by atoms with Gasteiger partial charge in [0, 0.05) is 51.2 Å². The molecule has 0 atom stereocenters. The molecule has 0 saturated carbocycles. The van der Waals surface area contributed by atoms with Crippen LogP contribution in [0, 0.1) is 0 Å². The molecule has 136 valence electrons. The zero-order valence-electron chi connectivity index (χ0n) is 15.0. The second-order valence-electron chi connectivity index (χ2n) is 6.24. The second kappa shape index (κ2) is 8.60. The van der Waals surface area contributed by atoms with Crippen molar-refractivity contribution in [3.8, 4) is 10.8 Å². The number of nitrogens with zero attached hydrogens (tertiary/aromatic N) is 4. The molecule has 0 aromatic carbocycles. The highest BCUT2D eigenvalue weighted by Gasteiger charge is 2.21. The molecule has 0 radical (unpaired) electrons. The van der Waals surface area contributed by atoms with Crippen molar-refractivity contribution in [3.05, 3.63) is 29.5 Å². The summed E-state index contributed by atoms with van der Waals surface area (Å²) in [5, 5.41) is 3.04. The van der Waals surface area contributed by atoms with Crippen LogP contribution in [0.15, 0.2) is 28.2 Å². The molecular weight excluding hydrogens is 336 g/mol. The maximum Gasteiger partial charge on any atom is 0.236 e. The highest BCUT2D eigenvalue weighted by molar-refractivity contribution is 7.13. The number of likely N-dealkylation sites (N-methyl/N-ethyl adjacent to an activating group) is 1. The van der Waals surface area contributed by atoms with Gasteiger partial charge in [0.25, 0.3) is 0 Å². The zero-order valence-corrected chi connectivity index (χ0v) is 15.8. The molecule has 0 aliphatic carbocycles. The van der Waals surface area contributed by atoms with E-state index < -0.39 is 0 Å². The Kier molecular flexibility index (Phi) is 6.23. The fourth-order valence-electron chi connectivity index (χ4n) is 3.10. The fraction of sp³-hybridized carbons (Fsp3) is 0.556. The van der Waals surface area contributed by atoms with Gasteiger partial charge in [-0.3, -0.25) is 14.6 Å². The summed E-state index contributed by atoms with van der Waals surface area (Å²) < 4.78 is 5.40. The lowest BCUT2D eigenvalue weighted by Crippen LogP contribution is -2.49. The predicted molar refractivity (Wildman–Crippen MR) is 99.5 cm³/mol. The van der Waals surface area contributed by atoms with Crippen molar-refractivity contribution >= 4 is 17.2 Å². The number of carbonyl (C=O) groups excluding carboxylic acids is 1. The summed E-state index contributed by atoms with van der Waals surface area (Å²) in [5.41, 5.74) is 1.09. The minimum atomic E-state index is 0.237. The maximum atomic E-state index is 12.2. The Morgan fingerprint density at radius 1 is 1.24 bits per heavy atom. The Bertz CT molecular complexity index is 658. The molecule has 0 N–H and O–H groups in total. The number of piperazine rings is 1. The predicted octanol–water partition coefficient (Wildman–Crippen LogP) is 2.39. The van der Waals surface area contributed by atoms with E-state index in [1.165, 1.54) is 0 Å². The number of furan rings is 1. The van der Waals surface area contributed by atoms with E-state index in [1.807, 2.05) is 30.9 Å². The van der Waals surface area contributed by atoms with E-state index in [9.17, 15) is 4.79 Å². The van der Waals surface area contributed by atoms with E-state index in [0.29, 0.717) is 6.54 Å². The number of thiazole rings is 1. The first-order valence-corrected chi connectivity index (χ1v) is 9.78. The SMILES string of the molecule is CCN(CC)C(=O)CN1CCN(Cc2csc(-c3ccco3)n2)CC1. The summed E-state index contributed by atoms with van der Waals surface area (Å²) in [7, 11) is 0. The van der Waals surface area contributed by atoms with E-state index in [2.05, 4.69) is 20.2 Å². The van der Waals surface area contributed by atoms with Gasteiger partial charge in [0.1, 0.15) is 0 Å². The molecule has 1 fully saturated rings. The van der Waals surface area contributed by atoms with Crippen LogP contribution in [-0.4, -0.2) is 71.4 Å².